The van der Waals surface area contributed by atoms with Crippen LogP contribution in [0.25, 0.3) is 33.3 Å². The zero-order valence-corrected chi connectivity index (χ0v) is 15.6. The van der Waals surface area contributed by atoms with Gasteiger partial charge in [-0.15, -0.1) is 0 Å². The standard InChI is InChI=1S/C22H21N5O/c1-6-27-21-19(9-17(10-20(21)28-7-1)24-11-14-2-3-14)26-22(27)15-4-5-16-12-23-13-25-18(16)8-15/h4-5,8-10,12-14,24H,1-3,6-7,11H2. The molecule has 6 nitrogen and oxygen atoms in total. The monoisotopic (exact) mass is 371 g/mol. The predicted molar refractivity (Wildman–Crippen MR) is 110 cm³/mol. The van der Waals surface area contributed by atoms with E-state index in [0.717, 1.165) is 76.8 Å². The quantitative estimate of drug-likeness (QED) is 0.581. The van der Waals surface area contributed by atoms with E-state index in [2.05, 4.69) is 50.2 Å². The van der Waals surface area contributed by atoms with Gasteiger partial charge in [0.1, 0.15) is 23.4 Å². The Morgan fingerprint density at radius 2 is 2.11 bits per heavy atom. The molecule has 0 saturated heterocycles. The Hall–Kier alpha value is -3.15. The second-order valence-electron chi connectivity index (χ2n) is 7.75. The van der Waals surface area contributed by atoms with E-state index in [1.807, 2.05) is 6.20 Å². The lowest BCUT2D eigenvalue weighted by molar-refractivity contribution is 0.316. The van der Waals surface area contributed by atoms with Crippen molar-refractivity contribution in [2.24, 2.45) is 5.92 Å². The number of hydrogen-bond acceptors (Lipinski definition) is 5. The molecule has 1 aliphatic carbocycles. The second-order valence-corrected chi connectivity index (χ2v) is 7.75. The van der Waals surface area contributed by atoms with Crippen LogP contribution in [0.2, 0.25) is 0 Å². The Balaban J connectivity index is 1.50. The van der Waals surface area contributed by atoms with Gasteiger partial charge >= 0.3 is 0 Å². The van der Waals surface area contributed by atoms with E-state index < -0.39 is 0 Å². The van der Waals surface area contributed by atoms with Gasteiger partial charge in [0.05, 0.1) is 17.6 Å². The summed E-state index contributed by atoms with van der Waals surface area (Å²) in [5, 5.41) is 4.60. The number of nitrogens with one attached hydrogen (secondary N) is 1. The lowest BCUT2D eigenvalue weighted by Crippen LogP contribution is -2.03. The zero-order valence-electron chi connectivity index (χ0n) is 15.6. The summed E-state index contributed by atoms with van der Waals surface area (Å²) in [5.41, 5.74) is 5.17. The molecule has 1 fully saturated rings. The fraction of sp³-hybridized carbons (Fsp3) is 0.318. The van der Waals surface area contributed by atoms with Crippen molar-refractivity contribution in [1.29, 1.82) is 0 Å². The summed E-state index contributed by atoms with van der Waals surface area (Å²) in [4.78, 5) is 13.5. The largest absolute Gasteiger partial charge is 0.491 e. The third kappa shape index (κ3) is 2.68. The highest BCUT2D eigenvalue weighted by atomic mass is 16.5. The Morgan fingerprint density at radius 3 is 3.04 bits per heavy atom. The van der Waals surface area contributed by atoms with Gasteiger partial charge in [0, 0.05) is 42.0 Å². The van der Waals surface area contributed by atoms with E-state index in [0.29, 0.717) is 0 Å². The molecular weight excluding hydrogens is 350 g/mol. The fourth-order valence-electron chi connectivity index (χ4n) is 3.98. The number of benzene rings is 2. The summed E-state index contributed by atoms with van der Waals surface area (Å²) in [7, 11) is 0. The first-order valence-corrected chi connectivity index (χ1v) is 9.96. The first kappa shape index (κ1) is 15.9. The van der Waals surface area contributed by atoms with E-state index in [1.54, 1.807) is 6.33 Å². The number of hydrogen-bond donors (Lipinski definition) is 1. The molecule has 0 bridgehead atoms. The molecule has 0 unspecified atom stereocenters. The van der Waals surface area contributed by atoms with Gasteiger partial charge in [-0.2, -0.15) is 0 Å². The van der Waals surface area contributed by atoms with Crippen molar-refractivity contribution in [3.05, 3.63) is 42.9 Å². The lowest BCUT2D eigenvalue weighted by Gasteiger charge is -2.10. The predicted octanol–water partition coefficient (Wildman–Crippen LogP) is 4.25. The van der Waals surface area contributed by atoms with Gasteiger partial charge in [-0.05, 0) is 37.3 Å². The van der Waals surface area contributed by atoms with Crippen molar-refractivity contribution < 1.29 is 4.74 Å². The van der Waals surface area contributed by atoms with Crippen molar-refractivity contribution >= 4 is 27.6 Å². The minimum absolute atomic E-state index is 0.729. The van der Waals surface area contributed by atoms with Crippen molar-refractivity contribution in [3.8, 4) is 17.1 Å². The molecule has 2 aromatic heterocycles. The Morgan fingerprint density at radius 1 is 1.14 bits per heavy atom. The number of fused-ring (bicyclic) bond motifs is 1. The summed E-state index contributed by atoms with van der Waals surface area (Å²) in [6, 6.07) is 10.5. The highest BCUT2D eigenvalue weighted by Gasteiger charge is 2.23. The van der Waals surface area contributed by atoms with Crippen LogP contribution in [0.4, 0.5) is 5.69 Å². The average Bonchev–Trinajstić information content (AvgIpc) is 3.51. The number of rotatable bonds is 4. The number of aromatic nitrogens is 4. The minimum Gasteiger partial charge on any atom is -0.491 e. The summed E-state index contributed by atoms with van der Waals surface area (Å²) in [6.07, 6.45) is 7.07. The van der Waals surface area contributed by atoms with Gasteiger partial charge < -0.3 is 14.6 Å². The molecule has 0 spiro atoms. The topological polar surface area (TPSA) is 64.9 Å². The zero-order chi connectivity index (χ0) is 18.5. The van der Waals surface area contributed by atoms with Crippen LogP contribution in [-0.2, 0) is 6.54 Å². The molecule has 1 saturated carbocycles. The van der Waals surface area contributed by atoms with Crippen LogP contribution in [0.5, 0.6) is 5.75 Å². The van der Waals surface area contributed by atoms with E-state index in [1.165, 1.54) is 12.8 Å². The molecule has 0 amide bonds. The minimum atomic E-state index is 0.729. The number of imidazole rings is 1. The SMILES string of the molecule is c1ncc2ccc(-c3nc4cc(NCC5CC5)cc5c4n3CCCO5)cc2n1. The van der Waals surface area contributed by atoms with Gasteiger partial charge in [0.2, 0.25) is 0 Å². The summed E-state index contributed by atoms with van der Waals surface area (Å²) in [5.74, 6) is 2.72. The summed E-state index contributed by atoms with van der Waals surface area (Å²) >= 11 is 0. The molecule has 6 heteroatoms. The lowest BCUT2D eigenvalue weighted by atomic mass is 10.1. The van der Waals surface area contributed by atoms with Crippen molar-refractivity contribution in [3.63, 3.8) is 0 Å². The molecule has 0 radical (unpaired) electrons. The fourth-order valence-corrected chi connectivity index (χ4v) is 3.98. The molecule has 28 heavy (non-hydrogen) atoms. The van der Waals surface area contributed by atoms with Gasteiger partial charge in [-0.1, -0.05) is 12.1 Å². The highest BCUT2D eigenvalue weighted by Crippen LogP contribution is 2.37. The smallest absolute Gasteiger partial charge is 0.147 e. The van der Waals surface area contributed by atoms with E-state index in [4.69, 9.17) is 9.72 Å². The molecule has 1 aliphatic heterocycles. The molecule has 2 aliphatic rings. The molecule has 140 valence electrons. The van der Waals surface area contributed by atoms with Crippen LogP contribution in [0.3, 0.4) is 0 Å². The van der Waals surface area contributed by atoms with Crippen LogP contribution in [0.15, 0.2) is 42.9 Å². The van der Waals surface area contributed by atoms with Crippen LogP contribution in [0.1, 0.15) is 19.3 Å². The molecule has 3 heterocycles. The van der Waals surface area contributed by atoms with Crippen LogP contribution >= 0.6 is 0 Å². The van der Waals surface area contributed by atoms with Crippen molar-refractivity contribution in [2.45, 2.75) is 25.8 Å². The Labute approximate surface area is 162 Å². The van der Waals surface area contributed by atoms with Gasteiger partial charge in [-0.3, -0.25) is 0 Å². The van der Waals surface area contributed by atoms with Gasteiger partial charge in [0.15, 0.2) is 0 Å². The normalized spacial score (nSPS) is 16.1. The number of anilines is 1. The third-order valence-corrected chi connectivity index (χ3v) is 5.65. The third-order valence-electron chi connectivity index (χ3n) is 5.65. The average molecular weight is 371 g/mol. The molecular formula is C22H21N5O. The molecule has 4 aromatic rings. The molecule has 2 aromatic carbocycles. The van der Waals surface area contributed by atoms with Gasteiger partial charge in [-0.25, -0.2) is 15.0 Å². The number of nitrogens with zero attached hydrogens (tertiary/aromatic N) is 4. The van der Waals surface area contributed by atoms with Crippen molar-refractivity contribution in [1.82, 2.24) is 19.5 Å². The maximum atomic E-state index is 6.08. The van der Waals surface area contributed by atoms with Crippen LogP contribution in [-0.4, -0.2) is 32.7 Å². The molecule has 0 atom stereocenters. The Kier molecular flexibility index (Phi) is 3.51. The highest BCUT2D eigenvalue weighted by molar-refractivity contribution is 5.91. The second kappa shape index (κ2) is 6.19. The summed E-state index contributed by atoms with van der Waals surface area (Å²) in [6.45, 7) is 2.66. The first-order valence-electron chi connectivity index (χ1n) is 9.96. The first-order chi connectivity index (χ1) is 13.8. The van der Waals surface area contributed by atoms with E-state index >= 15 is 0 Å². The van der Waals surface area contributed by atoms with Gasteiger partial charge in [0.25, 0.3) is 0 Å². The molecule has 6 rings (SSSR count). The maximum absolute atomic E-state index is 6.08. The summed E-state index contributed by atoms with van der Waals surface area (Å²) < 4.78 is 8.38. The number of ether oxygens (including phenoxy) is 1. The van der Waals surface area contributed by atoms with Crippen LogP contribution in [0, 0.1) is 5.92 Å². The molecule has 1 N–H and O–H groups in total. The van der Waals surface area contributed by atoms with E-state index in [9.17, 15) is 0 Å². The van der Waals surface area contributed by atoms with E-state index in [-0.39, 0.29) is 0 Å². The van der Waals surface area contributed by atoms with Crippen LogP contribution < -0.4 is 10.1 Å². The van der Waals surface area contributed by atoms with Crippen molar-refractivity contribution in [2.75, 3.05) is 18.5 Å². The Bertz CT molecular complexity index is 1190. The number of aryl methyl sites for hydroxylation is 1. The maximum Gasteiger partial charge on any atom is 0.147 e.